The van der Waals surface area contributed by atoms with Crippen LogP contribution >= 0.6 is 0 Å². The highest BCUT2D eigenvalue weighted by molar-refractivity contribution is 5.76. The zero-order valence-corrected chi connectivity index (χ0v) is 11.1. The summed E-state index contributed by atoms with van der Waals surface area (Å²) in [4.78, 5) is 11.8. The van der Waals surface area contributed by atoms with Crippen LogP contribution in [-0.4, -0.2) is 32.4 Å². The molecule has 0 bridgehead atoms. The maximum atomic E-state index is 13.8. The molecule has 1 aliphatic rings. The number of esters is 1. The lowest BCUT2D eigenvalue weighted by Gasteiger charge is -2.26. The van der Waals surface area contributed by atoms with E-state index in [0.29, 0.717) is 26.1 Å². The first kappa shape index (κ1) is 14.9. The molecule has 1 aromatic carbocycles. The number of hydrogen-bond acceptors (Lipinski definition) is 4. The quantitative estimate of drug-likeness (QED) is 0.797. The Bertz CT molecular complexity index is 472. The fraction of sp³-hybridized carbons (Fsp3) is 0.500. The first-order valence-electron chi connectivity index (χ1n) is 6.38. The first-order valence-corrected chi connectivity index (χ1v) is 6.38. The van der Waals surface area contributed by atoms with E-state index in [0.717, 1.165) is 6.07 Å². The number of carbonyl (C=O) groups excluding carboxylic acids is 1. The van der Waals surface area contributed by atoms with Gasteiger partial charge in [-0.2, -0.15) is 0 Å². The maximum absolute atomic E-state index is 13.8. The molecule has 1 atom stereocenters. The largest absolute Gasteiger partial charge is 0.467 e. The molecule has 20 heavy (non-hydrogen) atoms. The van der Waals surface area contributed by atoms with Gasteiger partial charge in [-0.1, -0.05) is 12.1 Å². The van der Waals surface area contributed by atoms with E-state index < -0.39 is 23.7 Å². The zero-order chi connectivity index (χ0) is 14.5. The van der Waals surface area contributed by atoms with Crippen LogP contribution in [0.1, 0.15) is 24.5 Å². The van der Waals surface area contributed by atoms with Gasteiger partial charge in [-0.25, -0.2) is 13.6 Å². The number of ether oxygens (including phenoxy) is 3. The van der Waals surface area contributed by atoms with Crippen LogP contribution in [0.4, 0.5) is 8.78 Å². The minimum absolute atomic E-state index is 0.150. The number of hydrogen-bond donors (Lipinski definition) is 0. The second-order valence-electron chi connectivity index (χ2n) is 4.49. The molecular weight excluding hydrogens is 270 g/mol. The summed E-state index contributed by atoms with van der Waals surface area (Å²) in [5.41, 5.74) is -0.150. The molecule has 0 radical (unpaired) electrons. The van der Waals surface area contributed by atoms with Gasteiger partial charge in [0.1, 0.15) is 0 Å². The van der Waals surface area contributed by atoms with Gasteiger partial charge in [0.15, 0.2) is 17.7 Å². The Labute approximate surface area is 115 Å². The molecule has 1 aromatic rings. The van der Waals surface area contributed by atoms with E-state index in [1.807, 2.05) is 0 Å². The van der Waals surface area contributed by atoms with E-state index in [4.69, 9.17) is 9.47 Å². The summed E-state index contributed by atoms with van der Waals surface area (Å²) in [7, 11) is 1.18. The van der Waals surface area contributed by atoms with Gasteiger partial charge in [0, 0.05) is 18.8 Å². The van der Waals surface area contributed by atoms with E-state index in [1.165, 1.54) is 19.2 Å². The molecule has 1 fully saturated rings. The van der Waals surface area contributed by atoms with E-state index in [-0.39, 0.29) is 11.7 Å². The van der Waals surface area contributed by atoms with Crippen LogP contribution in [0.2, 0.25) is 0 Å². The van der Waals surface area contributed by atoms with Crippen LogP contribution in [0, 0.1) is 11.6 Å². The average molecular weight is 286 g/mol. The molecule has 1 aliphatic heterocycles. The lowest BCUT2D eigenvalue weighted by atomic mass is 10.1. The Hall–Kier alpha value is -1.53. The van der Waals surface area contributed by atoms with Crippen LogP contribution in [-0.2, 0) is 19.0 Å². The molecule has 4 nitrogen and oxygen atoms in total. The summed E-state index contributed by atoms with van der Waals surface area (Å²) < 4.78 is 42.5. The number of benzene rings is 1. The van der Waals surface area contributed by atoms with Crippen molar-refractivity contribution in [1.82, 2.24) is 0 Å². The summed E-state index contributed by atoms with van der Waals surface area (Å²) >= 11 is 0. The fourth-order valence-corrected chi connectivity index (χ4v) is 2.09. The van der Waals surface area contributed by atoms with Crippen molar-refractivity contribution in [3.63, 3.8) is 0 Å². The number of methoxy groups -OCH3 is 1. The van der Waals surface area contributed by atoms with Crippen molar-refractivity contribution in [1.29, 1.82) is 0 Å². The summed E-state index contributed by atoms with van der Waals surface area (Å²) in [5, 5.41) is 0. The molecule has 0 N–H and O–H groups in total. The molecule has 0 saturated carbocycles. The highest BCUT2D eigenvalue weighted by atomic mass is 19.2. The molecule has 2 rings (SSSR count). The minimum atomic E-state index is -1.27. The summed E-state index contributed by atoms with van der Waals surface area (Å²) in [6.07, 6.45) is -0.302. The van der Waals surface area contributed by atoms with Gasteiger partial charge in [0.2, 0.25) is 0 Å². The number of rotatable bonds is 4. The summed E-state index contributed by atoms with van der Waals surface area (Å²) in [5.74, 6) is -2.86. The Morgan fingerprint density at radius 1 is 1.35 bits per heavy atom. The van der Waals surface area contributed by atoms with Crippen molar-refractivity contribution in [3.8, 4) is 0 Å². The Kier molecular flexibility index (Phi) is 5.03. The minimum Gasteiger partial charge on any atom is -0.467 e. The van der Waals surface area contributed by atoms with Crippen molar-refractivity contribution in [2.45, 2.75) is 25.0 Å². The highest BCUT2D eigenvalue weighted by Crippen LogP contribution is 2.27. The van der Waals surface area contributed by atoms with Gasteiger partial charge in [0.25, 0.3) is 0 Å². The van der Waals surface area contributed by atoms with E-state index in [9.17, 15) is 13.6 Å². The fourth-order valence-electron chi connectivity index (χ4n) is 2.09. The third-order valence-corrected chi connectivity index (χ3v) is 3.18. The molecule has 0 amide bonds. The average Bonchev–Trinajstić information content (AvgIpc) is 2.48. The van der Waals surface area contributed by atoms with Crippen LogP contribution in [0.15, 0.2) is 18.2 Å². The van der Waals surface area contributed by atoms with Crippen molar-refractivity contribution in [3.05, 3.63) is 35.4 Å². The third-order valence-electron chi connectivity index (χ3n) is 3.18. The van der Waals surface area contributed by atoms with E-state index in [2.05, 4.69) is 4.74 Å². The number of carbonyl (C=O) groups is 1. The lowest BCUT2D eigenvalue weighted by Crippen LogP contribution is -2.29. The van der Waals surface area contributed by atoms with Crippen molar-refractivity contribution < 1.29 is 27.8 Å². The van der Waals surface area contributed by atoms with Crippen molar-refractivity contribution in [2.24, 2.45) is 0 Å². The summed E-state index contributed by atoms with van der Waals surface area (Å²) in [6, 6.07) is 3.64. The van der Waals surface area contributed by atoms with Crippen LogP contribution in [0.5, 0.6) is 0 Å². The van der Waals surface area contributed by atoms with Gasteiger partial charge in [0.05, 0.1) is 13.2 Å². The van der Waals surface area contributed by atoms with Crippen molar-refractivity contribution >= 4 is 5.97 Å². The predicted octanol–water partition coefficient (Wildman–Crippen LogP) is 2.37. The maximum Gasteiger partial charge on any atom is 0.339 e. The molecule has 0 aromatic heterocycles. The van der Waals surface area contributed by atoms with Gasteiger partial charge in [-0.05, 0) is 18.9 Å². The van der Waals surface area contributed by atoms with Crippen LogP contribution < -0.4 is 0 Å². The first-order chi connectivity index (χ1) is 9.63. The second-order valence-corrected chi connectivity index (χ2v) is 4.49. The molecule has 0 spiro atoms. The molecule has 6 heteroatoms. The molecule has 110 valence electrons. The SMILES string of the molecule is COC(=O)C(OC1CCOCC1)c1cccc(F)c1F. The van der Waals surface area contributed by atoms with Gasteiger partial charge < -0.3 is 14.2 Å². The van der Waals surface area contributed by atoms with Gasteiger partial charge in [-0.3, -0.25) is 0 Å². The van der Waals surface area contributed by atoms with Crippen LogP contribution in [0.3, 0.4) is 0 Å². The topological polar surface area (TPSA) is 44.8 Å². The monoisotopic (exact) mass is 286 g/mol. The van der Waals surface area contributed by atoms with E-state index >= 15 is 0 Å². The predicted molar refractivity (Wildman–Crippen MR) is 66.0 cm³/mol. The van der Waals surface area contributed by atoms with Crippen molar-refractivity contribution in [2.75, 3.05) is 20.3 Å². The second kappa shape index (κ2) is 6.76. The highest BCUT2D eigenvalue weighted by Gasteiger charge is 2.30. The molecule has 1 heterocycles. The molecule has 1 unspecified atom stereocenters. The van der Waals surface area contributed by atoms with Crippen LogP contribution in [0.25, 0.3) is 0 Å². The third kappa shape index (κ3) is 3.32. The molecular formula is C14H16F2O4. The Balaban J connectivity index is 2.22. The smallest absolute Gasteiger partial charge is 0.339 e. The Morgan fingerprint density at radius 3 is 2.70 bits per heavy atom. The normalized spacial score (nSPS) is 17.8. The molecule has 1 saturated heterocycles. The van der Waals surface area contributed by atoms with Gasteiger partial charge in [-0.15, -0.1) is 0 Å². The number of halogens is 2. The van der Waals surface area contributed by atoms with E-state index in [1.54, 1.807) is 0 Å². The standard InChI is InChI=1S/C14H16F2O4/c1-18-14(17)13(20-9-5-7-19-8-6-9)10-3-2-4-11(15)12(10)16/h2-4,9,13H,5-8H2,1H3. The Morgan fingerprint density at radius 2 is 2.05 bits per heavy atom. The zero-order valence-electron chi connectivity index (χ0n) is 11.1. The lowest BCUT2D eigenvalue weighted by molar-refractivity contribution is -0.162. The van der Waals surface area contributed by atoms with Gasteiger partial charge >= 0.3 is 5.97 Å². The summed E-state index contributed by atoms with van der Waals surface area (Å²) in [6.45, 7) is 1.04. The molecule has 0 aliphatic carbocycles.